The Morgan fingerprint density at radius 3 is 2.60 bits per heavy atom. The molecule has 1 aromatic heterocycles. The Balaban J connectivity index is 3.29. The highest BCUT2D eigenvalue weighted by molar-refractivity contribution is 6.31. The number of oxime groups is 1. The molecule has 0 radical (unpaired) electrons. The fourth-order valence-corrected chi connectivity index (χ4v) is 1.06. The van der Waals surface area contributed by atoms with Crippen molar-refractivity contribution in [3.63, 3.8) is 0 Å². The van der Waals surface area contributed by atoms with Crippen molar-refractivity contribution in [2.24, 2.45) is 10.9 Å². The zero-order valence-electron chi connectivity index (χ0n) is 7.09. The van der Waals surface area contributed by atoms with E-state index in [1.165, 1.54) is 0 Å². The van der Waals surface area contributed by atoms with Crippen LogP contribution in [0.1, 0.15) is 11.3 Å². The van der Waals surface area contributed by atoms with E-state index in [1.54, 1.807) is 0 Å². The highest BCUT2D eigenvalue weighted by Gasteiger charge is 2.34. The van der Waals surface area contributed by atoms with Gasteiger partial charge in [0.05, 0.1) is 10.6 Å². The molecule has 8 heteroatoms. The van der Waals surface area contributed by atoms with Crippen LogP contribution in [-0.4, -0.2) is 16.0 Å². The van der Waals surface area contributed by atoms with Gasteiger partial charge in [0, 0.05) is 6.20 Å². The number of nitrogens with zero attached hydrogens (tertiary/aromatic N) is 2. The van der Waals surface area contributed by atoms with E-state index < -0.39 is 22.6 Å². The molecule has 0 spiro atoms. The first-order valence-electron chi connectivity index (χ1n) is 3.57. The molecule has 0 saturated carbocycles. The number of alkyl halides is 3. The van der Waals surface area contributed by atoms with Gasteiger partial charge in [-0.05, 0) is 6.07 Å². The summed E-state index contributed by atoms with van der Waals surface area (Å²) in [6.45, 7) is 0. The molecule has 0 saturated heterocycles. The lowest BCUT2D eigenvalue weighted by Crippen LogP contribution is -2.17. The molecule has 3 N–H and O–H groups in total. The number of amidine groups is 1. The van der Waals surface area contributed by atoms with E-state index >= 15 is 0 Å². The van der Waals surface area contributed by atoms with Crippen molar-refractivity contribution in [1.82, 2.24) is 4.98 Å². The lowest BCUT2D eigenvalue weighted by molar-refractivity contribution is -0.137. The van der Waals surface area contributed by atoms with Gasteiger partial charge in [0.1, 0.15) is 5.69 Å². The Morgan fingerprint density at radius 1 is 1.53 bits per heavy atom. The van der Waals surface area contributed by atoms with Crippen molar-refractivity contribution in [1.29, 1.82) is 0 Å². The van der Waals surface area contributed by atoms with Gasteiger partial charge in [-0.1, -0.05) is 16.8 Å². The van der Waals surface area contributed by atoms with Gasteiger partial charge < -0.3 is 10.9 Å². The normalized spacial score (nSPS) is 12.9. The topological polar surface area (TPSA) is 71.5 Å². The van der Waals surface area contributed by atoms with Gasteiger partial charge in [0.15, 0.2) is 5.84 Å². The summed E-state index contributed by atoms with van der Waals surface area (Å²) in [5, 5.41) is 10.2. The van der Waals surface area contributed by atoms with Gasteiger partial charge in [-0.2, -0.15) is 13.2 Å². The standard InChI is InChI=1S/C7H5ClF3N3O/c8-4-2-13-5(6(12)14-15)1-3(4)7(9,10)11/h1-2,15H,(H2,12,14). The number of halogens is 4. The summed E-state index contributed by atoms with van der Waals surface area (Å²) in [5.74, 6) is -0.517. The molecule has 1 rings (SSSR count). The van der Waals surface area contributed by atoms with Crippen LogP contribution in [0.2, 0.25) is 5.02 Å². The molecule has 0 aliphatic rings. The summed E-state index contributed by atoms with van der Waals surface area (Å²) in [7, 11) is 0. The molecule has 0 aliphatic heterocycles. The monoisotopic (exact) mass is 239 g/mol. The van der Waals surface area contributed by atoms with Crippen LogP contribution in [0.4, 0.5) is 13.2 Å². The number of hydrogen-bond donors (Lipinski definition) is 2. The Labute approximate surface area is 87.2 Å². The summed E-state index contributed by atoms with van der Waals surface area (Å²) in [4.78, 5) is 3.48. The van der Waals surface area contributed by atoms with E-state index in [4.69, 9.17) is 22.5 Å². The Morgan fingerprint density at radius 2 is 2.13 bits per heavy atom. The summed E-state index contributed by atoms with van der Waals surface area (Å²) in [6, 6.07) is 0.609. The van der Waals surface area contributed by atoms with Crippen molar-refractivity contribution in [2.45, 2.75) is 6.18 Å². The molecule has 0 aromatic carbocycles. The second-order valence-electron chi connectivity index (χ2n) is 2.53. The number of pyridine rings is 1. The third-order valence-corrected chi connectivity index (χ3v) is 1.83. The minimum Gasteiger partial charge on any atom is -0.409 e. The molecule has 1 heterocycles. The fourth-order valence-electron chi connectivity index (χ4n) is 0.847. The van der Waals surface area contributed by atoms with Crippen LogP contribution >= 0.6 is 11.6 Å². The van der Waals surface area contributed by atoms with Gasteiger partial charge in [-0.25, -0.2) is 0 Å². The smallest absolute Gasteiger partial charge is 0.409 e. The van der Waals surface area contributed by atoms with Gasteiger partial charge in [0.25, 0.3) is 0 Å². The van der Waals surface area contributed by atoms with Crippen LogP contribution in [0.25, 0.3) is 0 Å². The predicted molar refractivity (Wildman–Crippen MR) is 46.8 cm³/mol. The van der Waals surface area contributed by atoms with Crippen LogP contribution in [0.3, 0.4) is 0 Å². The highest BCUT2D eigenvalue weighted by atomic mass is 35.5. The first-order valence-corrected chi connectivity index (χ1v) is 3.94. The second-order valence-corrected chi connectivity index (χ2v) is 2.94. The third-order valence-electron chi connectivity index (χ3n) is 1.53. The van der Waals surface area contributed by atoms with Crippen molar-refractivity contribution >= 4 is 17.4 Å². The quantitative estimate of drug-likeness (QED) is 0.340. The molecule has 0 unspecified atom stereocenters. The molecule has 4 nitrogen and oxygen atoms in total. The lowest BCUT2D eigenvalue weighted by atomic mass is 10.2. The van der Waals surface area contributed by atoms with Gasteiger partial charge in [-0.15, -0.1) is 0 Å². The molecule has 0 aliphatic carbocycles. The first kappa shape index (κ1) is 11.6. The van der Waals surface area contributed by atoms with Crippen molar-refractivity contribution in [3.05, 3.63) is 28.5 Å². The first-order chi connectivity index (χ1) is 6.86. The van der Waals surface area contributed by atoms with E-state index in [1.807, 2.05) is 0 Å². The van der Waals surface area contributed by atoms with E-state index in [2.05, 4.69) is 10.1 Å². The molecule has 15 heavy (non-hydrogen) atoms. The number of rotatable bonds is 1. The molecule has 0 bridgehead atoms. The SMILES string of the molecule is N/C(=N\O)c1cc(C(F)(F)F)c(Cl)cn1. The van der Waals surface area contributed by atoms with Crippen molar-refractivity contribution < 1.29 is 18.4 Å². The van der Waals surface area contributed by atoms with Gasteiger partial charge in [-0.3, -0.25) is 4.98 Å². The average molecular weight is 240 g/mol. The molecule has 82 valence electrons. The van der Waals surface area contributed by atoms with Crippen molar-refractivity contribution in [2.75, 3.05) is 0 Å². The van der Waals surface area contributed by atoms with Gasteiger partial charge in [0.2, 0.25) is 0 Å². The van der Waals surface area contributed by atoms with Crippen LogP contribution < -0.4 is 5.73 Å². The summed E-state index contributed by atoms with van der Waals surface area (Å²) in [5.41, 5.74) is 3.70. The molecular weight excluding hydrogens is 235 g/mol. The Bertz CT molecular complexity index is 405. The van der Waals surface area contributed by atoms with Crippen LogP contribution in [-0.2, 0) is 6.18 Å². The summed E-state index contributed by atoms with van der Waals surface area (Å²) < 4.78 is 37.0. The lowest BCUT2D eigenvalue weighted by Gasteiger charge is -2.09. The van der Waals surface area contributed by atoms with E-state index in [0.29, 0.717) is 6.07 Å². The van der Waals surface area contributed by atoms with Gasteiger partial charge >= 0.3 is 6.18 Å². The number of aromatic nitrogens is 1. The molecule has 1 aromatic rings. The van der Waals surface area contributed by atoms with Crippen LogP contribution in [0.15, 0.2) is 17.4 Å². The maximum absolute atomic E-state index is 12.3. The largest absolute Gasteiger partial charge is 0.417 e. The Hall–Kier alpha value is -1.50. The zero-order chi connectivity index (χ0) is 11.6. The molecule has 0 amide bonds. The third kappa shape index (κ3) is 2.50. The molecule has 0 fully saturated rings. The van der Waals surface area contributed by atoms with E-state index in [0.717, 1.165) is 6.20 Å². The minimum absolute atomic E-state index is 0.297. The Kier molecular flexibility index (Phi) is 3.04. The van der Waals surface area contributed by atoms with E-state index in [-0.39, 0.29) is 5.69 Å². The number of hydrogen-bond acceptors (Lipinski definition) is 3. The highest BCUT2D eigenvalue weighted by Crippen LogP contribution is 2.34. The predicted octanol–water partition coefficient (Wildman–Crippen LogP) is 1.85. The maximum atomic E-state index is 12.3. The van der Waals surface area contributed by atoms with E-state index in [9.17, 15) is 13.2 Å². The summed E-state index contributed by atoms with van der Waals surface area (Å²) in [6.07, 6.45) is -3.82. The van der Waals surface area contributed by atoms with Crippen LogP contribution in [0.5, 0.6) is 0 Å². The second kappa shape index (κ2) is 3.93. The fraction of sp³-hybridized carbons (Fsp3) is 0.143. The zero-order valence-corrected chi connectivity index (χ0v) is 7.84. The number of nitrogens with two attached hydrogens (primary N) is 1. The average Bonchev–Trinajstić information content (AvgIpc) is 2.15. The maximum Gasteiger partial charge on any atom is 0.417 e. The molecular formula is C7H5ClF3N3O. The van der Waals surface area contributed by atoms with Crippen LogP contribution in [0, 0.1) is 0 Å². The summed E-state index contributed by atoms with van der Waals surface area (Å²) >= 11 is 5.30. The van der Waals surface area contributed by atoms with Crippen molar-refractivity contribution in [3.8, 4) is 0 Å². The molecule has 0 atom stereocenters. The minimum atomic E-state index is -4.61.